The van der Waals surface area contributed by atoms with E-state index < -0.39 is 0 Å². The van der Waals surface area contributed by atoms with Crippen LogP contribution < -0.4 is 5.32 Å². The molecule has 17 heavy (non-hydrogen) atoms. The molecule has 0 unspecified atom stereocenters. The molecule has 0 spiro atoms. The van der Waals surface area contributed by atoms with Crippen molar-refractivity contribution in [3.8, 4) is 0 Å². The molecule has 1 N–H and O–H groups in total. The Bertz CT molecular complexity index is 245. The molecule has 0 aliphatic carbocycles. The van der Waals surface area contributed by atoms with Crippen molar-refractivity contribution in [1.29, 1.82) is 0 Å². The molecule has 2 amide bonds. The van der Waals surface area contributed by atoms with E-state index in [2.05, 4.69) is 5.32 Å². The summed E-state index contributed by atoms with van der Waals surface area (Å²) in [5, 5.41) is 2.78. The fraction of sp³-hybridized carbons (Fsp3) is 0.833. The van der Waals surface area contributed by atoms with Crippen LogP contribution in [0.25, 0.3) is 0 Å². The summed E-state index contributed by atoms with van der Waals surface area (Å²) in [5.74, 6) is 0.497. The predicted octanol–water partition coefficient (Wildman–Crippen LogP) is 1.77. The molecule has 0 fully saturated rings. The fourth-order valence-electron chi connectivity index (χ4n) is 1.45. The first-order chi connectivity index (χ1) is 8.01. The second-order valence-electron chi connectivity index (χ2n) is 4.28. The van der Waals surface area contributed by atoms with Crippen molar-refractivity contribution in [2.24, 2.45) is 0 Å². The molecule has 0 saturated heterocycles. The van der Waals surface area contributed by atoms with Crippen LogP contribution in [0.3, 0.4) is 0 Å². The fourth-order valence-corrected chi connectivity index (χ4v) is 1.64. The van der Waals surface area contributed by atoms with Crippen LogP contribution >= 0.6 is 11.6 Å². The molecule has 0 bridgehead atoms. The third-order valence-corrected chi connectivity index (χ3v) is 2.56. The van der Waals surface area contributed by atoms with Crippen molar-refractivity contribution >= 4 is 23.4 Å². The average Bonchev–Trinajstić information content (AvgIpc) is 2.25. The Labute approximate surface area is 109 Å². The third-order valence-electron chi connectivity index (χ3n) is 2.29. The number of rotatable bonds is 8. The van der Waals surface area contributed by atoms with Crippen LogP contribution in [0.15, 0.2) is 0 Å². The zero-order valence-corrected chi connectivity index (χ0v) is 11.7. The molecule has 5 heteroatoms. The van der Waals surface area contributed by atoms with E-state index in [0.717, 1.165) is 12.8 Å². The van der Waals surface area contributed by atoms with Gasteiger partial charge in [0.2, 0.25) is 11.8 Å². The van der Waals surface area contributed by atoms with E-state index in [0.29, 0.717) is 18.8 Å². The van der Waals surface area contributed by atoms with Crippen LogP contribution in [0.2, 0.25) is 0 Å². The van der Waals surface area contributed by atoms with Crippen LogP contribution in [0.1, 0.15) is 40.0 Å². The predicted molar refractivity (Wildman–Crippen MR) is 70.1 cm³/mol. The largest absolute Gasteiger partial charge is 0.352 e. The minimum absolute atomic E-state index is 0.0246. The van der Waals surface area contributed by atoms with Crippen molar-refractivity contribution < 1.29 is 9.59 Å². The van der Waals surface area contributed by atoms with E-state index in [9.17, 15) is 9.59 Å². The number of nitrogens with one attached hydrogen (secondary N) is 1. The van der Waals surface area contributed by atoms with Crippen molar-refractivity contribution in [1.82, 2.24) is 10.2 Å². The number of halogens is 1. The maximum Gasteiger partial charge on any atom is 0.239 e. The third kappa shape index (κ3) is 8.02. The highest BCUT2D eigenvalue weighted by atomic mass is 35.5. The van der Waals surface area contributed by atoms with Crippen LogP contribution in [0.5, 0.6) is 0 Å². The molecule has 4 nitrogen and oxygen atoms in total. The normalized spacial score (nSPS) is 10.4. The van der Waals surface area contributed by atoms with Gasteiger partial charge >= 0.3 is 0 Å². The molecule has 0 aliphatic rings. The summed E-state index contributed by atoms with van der Waals surface area (Å²) in [7, 11) is 0. The van der Waals surface area contributed by atoms with E-state index in [4.69, 9.17) is 11.6 Å². The lowest BCUT2D eigenvalue weighted by atomic mass is 10.2. The number of hydrogen-bond acceptors (Lipinski definition) is 2. The van der Waals surface area contributed by atoms with Gasteiger partial charge in [-0.2, -0.15) is 0 Å². The van der Waals surface area contributed by atoms with Gasteiger partial charge in [0, 0.05) is 24.9 Å². The van der Waals surface area contributed by atoms with Gasteiger partial charge in [-0.15, -0.1) is 11.6 Å². The van der Waals surface area contributed by atoms with E-state index in [1.807, 2.05) is 20.8 Å². The molecule has 0 atom stereocenters. The summed E-state index contributed by atoms with van der Waals surface area (Å²) in [6, 6.07) is 0.104. The SMILES string of the molecule is CCN(CC(=O)NC(C)C)C(=O)CCCCCl. The molecule has 0 aromatic rings. The van der Waals surface area contributed by atoms with Crippen molar-refractivity contribution in [3.63, 3.8) is 0 Å². The van der Waals surface area contributed by atoms with E-state index >= 15 is 0 Å². The molecule has 0 aliphatic heterocycles. The van der Waals surface area contributed by atoms with Gasteiger partial charge in [0.1, 0.15) is 0 Å². The average molecular weight is 263 g/mol. The molecular weight excluding hydrogens is 240 g/mol. The number of hydrogen-bond donors (Lipinski definition) is 1. The highest BCUT2D eigenvalue weighted by molar-refractivity contribution is 6.17. The zero-order valence-electron chi connectivity index (χ0n) is 11.0. The summed E-state index contributed by atoms with van der Waals surface area (Å²) in [5.41, 5.74) is 0. The number of carbonyl (C=O) groups excluding carboxylic acids is 2. The van der Waals surface area contributed by atoms with Crippen molar-refractivity contribution in [2.45, 2.75) is 46.1 Å². The number of amides is 2. The molecule has 0 aromatic carbocycles. The quantitative estimate of drug-likeness (QED) is 0.535. The molecule has 0 radical (unpaired) electrons. The molecular formula is C12H23ClN2O2. The molecule has 0 aromatic heterocycles. The van der Waals surface area contributed by atoms with Gasteiger partial charge in [-0.1, -0.05) is 0 Å². The lowest BCUT2D eigenvalue weighted by Crippen LogP contribution is -2.42. The van der Waals surface area contributed by atoms with Crippen molar-refractivity contribution in [3.05, 3.63) is 0 Å². The second kappa shape index (κ2) is 9.28. The van der Waals surface area contributed by atoms with Crippen LogP contribution in [0, 0.1) is 0 Å². The highest BCUT2D eigenvalue weighted by Gasteiger charge is 2.15. The van der Waals surface area contributed by atoms with Gasteiger partial charge in [-0.25, -0.2) is 0 Å². The van der Waals surface area contributed by atoms with E-state index in [1.54, 1.807) is 4.90 Å². The molecule has 0 rings (SSSR count). The Balaban J connectivity index is 4.04. The van der Waals surface area contributed by atoms with Gasteiger partial charge in [-0.05, 0) is 33.6 Å². The Morgan fingerprint density at radius 1 is 1.29 bits per heavy atom. The van der Waals surface area contributed by atoms with Crippen molar-refractivity contribution in [2.75, 3.05) is 19.0 Å². The van der Waals surface area contributed by atoms with Gasteiger partial charge in [-0.3, -0.25) is 9.59 Å². The Kier molecular flexibility index (Phi) is 8.86. The van der Waals surface area contributed by atoms with Gasteiger partial charge in [0.05, 0.1) is 6.54 Å². The van der Waals surface area contributed by atoms with Gasteiger partial charge in [0.25, 0.3) is 0 Å². The van der Waals surface area contributed by atoms with Crippen LogP contribution in [0.4, 0.5) is 0 Å². The first-order valence-electron chi connectivity index (χ1n) is 6.14. The lowest BCUT2D eigenvalue weighted by Gasteiger charge is -2.21. The maximum absolute atomic E-state index is 11.8. The summed E-state index contributed by atoms with van der Waals surface area (Å²) >= 11 is 5.55. The Morgan fingerprint density at radius 2 is 1.94 bits per heavy atom. The highest BCUT2D eigenvalue weighted by Crippen LogP contribution is 2.02. The standard InChI is InChI=1S/C12H23ClN2O2/c1-4-15(9-11(16)14-10(2)3)12(17)7-5-6-8-13/h10H,4-9H2,1-3H3,(H,14,16). The summed E-state index contributed by atoms with van der Waals surface area (Å²) < 4.78 is 0. The number of likely N-dealkylation sites (N-methyl/N-ethyl adjacent to an activating group) is 1. The second-order valence-corrected chi connectivity index (χ2v) is 4.65. The Morgan fingerprint density at radius 3 is 2.41 bits per heavy atom. The van der Waals surface area contributed by atoms with Crippen LogP contribution in [-0.2, 0) is 9.59 Å². The monoisotopic (exact) mass is 262 g/mol. The summed E-state index contributed by atoms with van der Waals surface area (Å²) in [6.45, 7) is 6.38. The minimum atomic E-state index is -0.104. The number of unbranched alkanes of at least 4 members (excludes halogenated alkanes) is 1. The molecule has 0 heterocycles. The van der Waals surface area contributed by atoms with E-state index in [-0.39, 0.29) is 24.4 Å². The van der Waals surface area contributed by atoms with Gasteiger partial charge in [0.15, 0.2) is 0 Å². The lowest BCUT2D eigenvalue weighted by molar-refractivity contribution is -0.136. The summed E-state index contributed by atoms with van der Waals surface area (Å²) in [6.07, 6.45) is 2.09. The maximum atomic E-state index is 11.8. The first-order valence-corrected chi connectivity index (χ1v) is 6.67. The smallest absolute Gasteiger partial charge is 0.239 e. The molecule has 0 saturated carbocycles. The minimum Gasteiger partial charge on any atom is -0.352 e. The first kappa shape index (κ1) is 16.2. The topological polar surface area (TPSA) is 49.4 Å². The Hall–Kier alpha value is -0.770. The number of alkyl halides is 1. The molecule has 100 valence electrons. The number of nitrogens with zero attached hydrogens (tertiary/aromatic N) is 1. The zero-order chi connectivity index (χ0) is 13.3. The van der Waals surface area contributed by atoms with E-state index in [1.165, 1.54) is 0 Å². The number of carbonyl (C=O) groups is 2. The van der Waals surface area contributed by atoms with Crippen LogP contribution in [-0.4, -0.2) is 41.7 Å². The summed E-state index contributed by atoms with van der Waals surface area (Å²) in [4.78, 5) is 24.9. The van der Waals surface area contributed by atoms with Gasteiger partial charge < -0.3 is 10.2 Å².